The molecule has 0 bridgehead atoms. The van der Waals surface area contributed by atoms with Crippen LogP contribution in [0, 0.1) is 12.3 Å². The van der Waals surface area contributed by atoms with Crippen LogP contribution in [0.15, 0.2) is 24.3 Å². The molecule has 0 fully saturated rings. The van der Waals surface area contributed by atoms with Gasteiger partial charge < -0.3 is 10.6 Å². The topological polar surface area (TPSA) is 41.1 Å². The van der Waals surface area contributed by atoms with Crippen molar-refractivity contribution in [3.8, 4) is 0 Å². The van der Waals surface area contributed by atoms with Gasteiger partial charge in [0.05, 0.1) is 0 Å². The molecule has 0 aliphatic heterocycles. The number of amides is 1. The van der Waals surface area contributed by atoms with E-state index in [-0.39, 0.29) is 11.3 Å². The molecule has 2 N–H and O–H groups in total. The lowest BCUT2D eigenvalue weighted by Gasteiger charge is -2.18. The van der Waals surface area contributed by atoms with E-state index in [1.165, 1.54) is 5.56 Å². The maximum absolute atomic E-state index is 11.8. The first-order chi connectivity index (χ1) is 8.38. The molecule has 0 unspecified atom stereocenters. The largest absolute Gasteiger partial charge is 0.351 e. The van der Waals surface area contributed by atoms with Crippen LogP contribution in [0.2, 0.25) is 0 Å². The summed E-state index contributed by atoms with van der Waals surface area (Å²) in [6.07, 6.45) is 0. The normalized spacial score (nSPS) is 11.3. The zero-order valence-electron chi connectivity index (χ0n) is 11.8. The first kappa shape index (κ1) is 14.7. The summed E-state index contributed by atoms with van der Waals surface area (Å²) in [5.74, 6) is -0.00689. The second-order valence-corrected chi connectivity index (χ2v) is 5.86. The van der Waals surface area contributed by atoms with E-state index in [1.54, 1.807) is 0 Å². The van der Waals surface area contributed by atoms with Gasteiger partial charge in [0.1, 0.15) is 0 Å². The molecule has 0 heterocycles. The summed E-state index contributed by atoms with van der Waals surface area (Å²) in [4.78, 5) is 11.8. The Kier molecular flexibility index (Phi) is 5.35. The Morgan fingerprint density at radius 2 is 1.72 bits per heavy atom. The highest BCUT2D eigenvalue weighted by Gasteiger charge is 2.08. The van der Waals surface area contributed by atoms with Gasteiger partial charge in [0.25, 0.3) is 5.91 Å². The van der Waals surface area contributed by atoms with Crippen LogP contribution < -0.4 is 10.6 Å². The Hall–Kier alpha value is -1.35. The smallest absolute Gasteiger partial charge is 0.251 e. The average molecular weight is 248 g/mol. The lowest BCUT2D eigenvalue weighted by atomic mass is 9.97. The van der Waals surface area contributed by atoms with Crippen LogP contribution in [0.3, 0.4) is 0 Å². The standard InChI is InChI=1S/C15H24N2O/c1-12-5-7-13(8-6-12)14(18)17-10-9-16-11-15(2,3)4/h5-8,16H,9-11H2,1-4H3,(H,17,18). The molecule has 1 aromatic rings. The van der Waals surface area contributed by atoms with Crippen molar-refractivity contribution < 1.29 is 4.79 Å². The fourth-order valence-electron chi connectivity index (χ4n) is 1.53. The molecule has 1 rings (SSSR count). The Balaban J connectivity index is 2.24. The summed E-state index contributed by atoms with van der Waals surface area (Å²) >= 11 is 0. The van der Waals surface area contributed by atoms with Crippen molar-refractivity contribution in [2.75, 3.05) is 19.6 Å². The van der Waals surface area contributed by atoms with Crippen molar-refractivity contribution in [3.05, 3.63) is 35.4 Å². The van der Waals surface area contributed by atoms with Crippen LogP contribution in [-0.2, 0) is 0 Å². The Morgan fingerprint density at radius 3 is 2.28 bits per heavy atom. The molecule has 1 aromatic carbocycles. The van der Waals surface area contributed by atoms with Gasteiger partial charge in [-0.3, -0.25) is 4.79 Å². The van der Waals surface area contributed by atoms with E-state index in [4.69, 9.17) is 0 Å². The summed E-state index contributed by atoms with van der Waals surface area (Å²) in [6, 6.07) is 7.61. The average Bonchev–Trinajstić information content (AvgIpc) is 2.27. The number of nitrogens with one attached hydrogen (secondary N) is 2. The van der Waals surface area contributed by atoms with Gasteiger partial charge in [-0.1, -0.05) is 38.5 Å². The van der Waals surface area contributed by atoms with Gasteiger partial charge in [-0.05, 0) is 24.5 Å². The monoisotopic (exact) mass is 248 g/mol. The van der Waals surface area contributed by atoms with E-state index in [0.29, 0.717) is 6.54 Å². The lowest BCUT2D eigenvalue weighted by Crippen LogP contribution is -2.35. The van der Waals surface area contributed by atoms with Crippen LogP contribution in [-0.4, -0.2) is 25.5 Å². The minimum absolute atomic E-state index is 0.00689. The Bertz CT molecular complexity index is 376. The molecule has 3 nitrogen and oxygen atoms in total. The number of carbonyl (C=O) groups excluding carboxylic acids is 1. The molecule has 0 saturated carbocycles. The summed E-state index contributed by atoms with van der Waals surface area (Å²) in [5, 5.41) is 6.23. The second-order valence-electron chi connectivity index (χ2n) is 5.86. The van der Waals surface area contributed by atoms with E-state index >= 15 is 0 Å². The molecular weight excluding hydrogens is 224 g/mol. The van der Waals surface area contributed by atoms with Gasteiger partial charge in [0.2, 0.25) is 0 Å². The number of carbonyl (C=O) groups is 1. The number of rotatable bonds is 5. The van der Waals surface area contributed by atoms with Gasteiger partial charge in [-0.2, -0.15) is 0 Å². The maximum atomic E-state index is 11.8. The molecule has 0 saturated heterocycles. The highest BCUT2D eigenvalue weighted by molar-refractivity contribution is 5.94. The van der Waals surface area contributed by atoms with Gasteiger partial charge in [0.15, 0.2) is 0 Å². The summed E-state index contributed by atoms with van der Waals surface area (Å²) in [6.45, 7) is 11.0. The third-order valence-corrected chi connectivity index (χ3v) is 2.56. The highest BCUT2D eigenvalue weighted by atomic mass is 16.1. The number of hydrogen-bond donors (Lipinski definition) is 2. The van der Waals surface area contributed by atoms with Gasteiger partial charge in [-0.15, -0.1) is 0 Å². The SMILES string of the molecule is Cc1ccc(C(=O)NCCNCC(C)(C)C)cc1. The third kappa shape index (κ3) is 5.82. The molecule has 100 valence electrons. The molecule has 1 amide bonds. The predicted octanol–water partition coefficient (Wildman–Crippen LogP) is 2.36. The molecule has 3 heteroatoms. The van der Waals surface area contributed by atoms with Crippen molar-refractivity contribution >= 4 is 5.91 Å². The van der Waals surface area contributed by atoms with Crippen molar-refractivity contribution in [2.24, 2.45) is 5.41 Å². The molecule has 0 aromatic heterocycles. The van der Waals surface area contributed by atoms with Crippen molar-refractivity contribution in [3.63, 3.8) is 0 Å². The second kappa shape index (κ2) is 6.55. The van der Waals surface area contributed by atoms with Crippen LogP contribution in [0.1, 0.15) is 36.7 Å². The maximum Gasteiger partial charge on any atom is 0.251 e. The first-order valence-corrected chi connectivity index (χ1v) is 6.44. The summed E-state index contributed by atoms with van der Waals surface area (Å²) < 4.78 is 0. The first-order valence-electron chi connectivity index (χ1n) is 6.44. The summed E-state index contributed by atoms with van der Waals surface area (Å²) in [7, 11) is 0. The molecule has 0 spiro atoms. The molecule has 18 heavy (non-hydrogen) atoms. The van der Waals surface area contributed by atoms with E-state index in [2.05, 4.69) is 31.4 Å². The molecule has 0 aliphatic carbocycles. The third-order valence-electron chi connectivity index (χ3n) is 2.56. The van der Waals surface area contributed by atoms with Crippen LogP contribution in [0.5, 0.6) is 0 Å². The number of benzene rings is 1. The minimum Gasteiger partial charge on any atom is -0.351 e. The van der Waals surface area contributed by atoms with Crippen molar-refractivity contribution in [1.29, 1.82) is 0 Å². The number of aryl methyl sites for hydroxylation is 1. The number of hydrogen-bond acceptors (Lipinski definition) is 2. The zero-order valence-corrected chi connectivity index (χ0v) is 11.8. The van der Waals surface area contributed by atoms with Gasteiger partial charge in [-0.25, -0.2) is 0 Å². The van der Waals surface area contributed by atoms with Crippen LogP contribution >= 0.6 is 0 Å². The summed E-state index contributed by atoms with van der Waals surface area (Å²) in [5.41, 5.74) is 2.16. The fourth-order valence-corrected chi connectivity index (χ4v) is 1.53. The van der Waals surface area contributed by atoms with Crippen molar-refractivity contribution in [1.82, 2.24) is 10.6 Å². The zero-order chi connectivity index (χ0) is 13.6. The van der Waals surface area contributed by atoms with E-state index < -0.39 is 0 Å². The van der Waals surface area contributed by atoms with Gasteiger partial charge >= 0.3 is 0 Å². The van der Waals surface area contributed by atoms with Crippen molar-refractivity contribution in [2.45, 2.75) is 27.7 Å². The quantitative estimate of drug-likeness (QED) is 0.785. The molecule has 0 atom stereocenters. The molecule has 0 radical (unpaired) electrons. The molecule has 0 aliphatic rings. The van der Waals surface area contributed by atoms with E-state index in [9.17, 15) is 4.79 Å². The van der Waals surface area contributed by atoms with Gasteiger partial charge in [0, 0.05) is 25.2 Å². The lowest BCUT2D eigenvalue weighted by molar-refractivity contribution is 0.0954. The van der Waals surface area contributed by atoms with Crippen LogP contribution in [0.25, 0.3) is 0 Å². The fraction of sp³-hybridized carbons (Fsp3) is 0.533. The predicted molar refractivity (Wildman–Crippen MR) is 75.8 cm³/mol. The Labute approximate surface area is 110 Å². The highest BCUT2D eigenvalue weighted by Crippen LogP contribution is 2.09. The van der Waals surface area contributed by atoms with Crippen LogP contribution in [0.4, 0.5) is 0 Å². The molecular formula is C15H24N2O. The Morgan fingerprint density at radius 1 is 1.11 bits per heavy atom. The van der Waals surface area contributed by atoms with E-state index in [1.807, 2.05) is 31.2 Å². The minimum atomic E-state index is -0.00689. The van der Waals surface area contributed by atoms with E-state index in [0.717, 1.165) is 18.7 Å².